The van der Waals surface area contributed by atoms with Crippen molar-refractivity contribution in [2.24, 2.45) is 11.8 Å². The van der Waals surface area contributed by atoms with Gasteiger partial charge in [0.2, 0.25) is 5.91 Å². The van der Waals surface area contributed by atoms with Crippen LogP contribution in [-0.2, 0) is 9.53 Å². The fourth-order valence-corrected chi connectivity index (χ4v) is 5.83. The molecule has 0 unspecified atom stereocenters. The first kappa shape index (κ1) is 16.4. The van der Waals surface area contributed by atoms with Crippen LogP contribution in [0, 0.1) is 11.8 Å². The maximum Gasteiger partial charge on any atom is 0.355 e. The molecular weight excluding hydrogens is 330 g/mol. The largest absolute Gasteiger partial charge is 0.458 e. The number of hydrogen-bond donors (Lipinski definition) is 1. The molecule has 1 aromatic heterocycles. The van der Waals surface area contributed by atoms with Gasteiger partial charge in [-0.3, -0.25) is 9.69 Å². The highest BCUT2D eigenvalue weighted by molar-refractivity contribution is 5.87. The maximum absolute atomic E-state index is 12.4. The molecule has 0 spiro atoms. The first-order valence-electron chi connectivity index (χ1n) is 10.1. The number of carbonyl (C=O) groups is 2. The van der Waals surface area contributed by atoms with E-state index in [-0.39, 0.29) is 12.1 Å². The zero-order valence-electron chi connectivity index (χ0n) is 15.1. The molecule has 140 valence electrons. The molecule has 5 heterocycles. The standard InChI is InChI=1S/C20H27N3O3/c24-19-5-1-4-17-13-9-14(12-23(17)19)18-10-15(6-8-22(18)11-13)26-20(25)16-3-2-7-21-16/h2-3,7,13-15,17-18,21H,1,4-6,8-12H2/t13-,14+,15+,17-,18+/m1/s1. The number of aromatic amines is 1. The van der Waals surface area contributed by atoms with E-state index in [9.17, 15) is 9.59 Å². The number of fused-ring (bicyclic) bond motifs is 6. The van der Waals surface area contributed by atoms with Crippen molar-refractivity contribution >= 4 is 11.9 Å². The van der Waals surface area contributed by atoms with E-state index < -0.39 is 0 Å². The van der Waals surface area contributed by atoms with Gasteiger partial charge in [-0.25, -0.2) is 4.79 Å². The minimum atomic E-state index is -0.253. The predicted molar refractivity (Wildman–Crippen MR) is 95.5 cm³/mol. The molecule has 5 atom stereocenters. The molecule has 2 bridgehead atoms. The minimum Gasteiger partial charge on any atom is -0.458 e. The summed E-state index contributed by atoms with van der Waals surface area (Å²) in [4.78, 5) is 32.4. The summed E-state index contributed by atoms with van der Waals surface area (Å²) in [5.41, 5.74) is 0.524. The Morgan fingerprint density at radius 1 is 1.15 bits per heavy atom. The van der Waals surface area contributed by atoms with Gasteiger partial charge in [0, 0.05) is 50.8 Å². The Kier molecular flexibility index (Phi) is 4.03. The second kappa shape index (κ2) is 6.41. The fraction of sp³-hybridized carbons (Fsp3) is 0.700. The van der Waals surface area contributed by atoms with Crippen LogP contribution in [0.1, 0.15) is 49.0 Å². The Bertz CT molecular complexity index is 688. The van der Waals surface area contributed by atoms with Crippen molar-refractivity contribution in [3.05, 3.63) is 24.0 Å². The van der Waals surface area contributed by atoms with E-state index in [2.05, 4.69) is 14.8 Å². The van der Waals surface area contributed by atoms with E-state index in [1.807, 2.05) is 6.07 Å². The molecule has 1 amide bonds. The summed E-state index contributed by atoms with van der Waals surface area (Å²) in [6.45, 7) is 3.01. The van der Waals surface area contributed by atoms with Crippen molar-refractivity contribution in [2.75, 3.05) is 19.6 Å². The highest BCUT2D eigenvalue weighted by Gasteiger charge is 2.49. The molecule has 26 heavy (non-hydrogen) atoms. The van der Waals surface area contributed by atoms with Gasteiger partial charge in [0.25, 0.3) is 0 Å². The Labute approximate surface area is 153 Å². The number of ether oxygens (including phenoxy) is 1. The second-order valence-electron chi connectivity index (χ2n) is 8.46. The first-order chi connectivity index (χ1) is 12.7. The fourth-order valence-electron chi connectivity index (χ4n) is 5.83. The van der Waals surface area contributed by atoms with Crippen LogP contribution in [0.2, 0.25) is 0 Å². The number of aromatic nitrogens is 1. The number of carbonyl (C=O) groups excluding carboxylic acids is 2. The van der Waals surface area contributed by atoms with E-state index in [1.165, 1.54) is 12.8 Å². The molecular formula is C20H27N3O3. The lowest BCUT2D eigenvalue weighted by Crippen LogP contribution is -2.65. The lowest BCUT2D eigenvalue weighted by molar-refractivity contribution is -0.150. The van der Waals surface area contributed by atoms with Gasteiger partial charge in [-0.15, -0.1) is 0 Å². The van der Waals surface area contributed by atoms with Gasteiger partial charge in [-0.2, -0.15) is 0 Å². The molecule has 6 nitrogen and oxygen atoms in total. The topological polar surface area (TPSA) is 65.6 Å². The number of esters is 1. The second-order valence-corrected chi connectivity index (χ2v) is 8.46. The van der Waals surface area contributed by atoms with E-state index in [0.717, 1.165) is 45.3 Å². The Hall–Kier alpha value is -1.82. The molecule has 4 aliphatic heterocycles. The van der Waals surface area contributed by atoms with Gasteiger partial charge in [0.15, 0.2) is 0 Å². The average Bonchev–Trinajstić information content (AvgIpc) is 3.18. The van der Waals surface area contributed by atoms with Crippen molar-refractivity contribution in [3.8, 4) is 0 Å². The molecule has 6 heteroatoms. The third-order valence-electron chi connectivity index (χ3n) is 7.01. The highest BCUT2D eigenvalue weighted by atomic mass is 16.5. The SMILES string of the molecule is O=C(O[C@H]1CCN2C[C@H]3C[C@@H](CN4C(=O)CCC[C@H]34)[C@@H]2C1)c1ccc[nH]1. The molecule has 1 N–H and O–H groups in total. The number of rotatable bonds is 2. The number of amides is 1. The number of piperidine rings is 4. The summed E-state index contributed by atoms with van der Waals surface area (Å²) in [5.74, 6) is 1.26. The van der Waals surface area contributed by atoms with Crippen LogP contribution in [-0.4, -0.2) is 64.5 Å². The molecule has 4 fully saturated rings. The Morgan fingerprint density at radius 2 is 2.04 bits per heavy atom. The van der Waals surface area contributed by atoms with Crippen LogP contribution in [0.25, 0.3) is 0 Å². The smallest absolute Gasteiger partial charge is 0.355 e. The molecule has 0 aliphatic carbocycles. The van der Waals surface area contributed by atoms with Gasteiger partial charge >= 0.3 is 5.97 Å². The van der Waals surface area contributed by atoms with Crippen molar-refractivity contribution in [1.82, 2.24) is 14.8 Å². The average molecular weight is 357 g/mol. The molecule has 1 aromatic rings. The van der Waals surface area contributed by atoms with Crippen molar-refractivity contribution in [2.45, 2.75) is 56.7 Å². The Balaban J connectivity index is 1.28. The van der Waals surface area contributed by atoms with Gasteiger partial charge in [0.1, 0.15) is 11.8 Å². The van der Waals surface area contributed by atoms with Crippen LogP contribution in [0.15, 0.2) is 18.3 Å². The van der Waals surface area contributed by atoms with Crippen molar-refractivity contribution in [3.63, 3.8) is 0 Å². The first-order valence-corrected chi connectivity index (χ1v) is 10.1. The summed E-state index contributed by atoms with van der Waals surface area (Å²) in [6.07, 6.45) is 7.73. The number of nitrogens with zero attached hydrogens (tertiary/aromatic N) is 2. The lowest BCUT2D eigenvalue weighted by atomic mass is 9.70. The summed E-state index contributed by atoms with van der Waals surface area (Å²) in [5, 5.41) is 0. The van der Waals surface area contributed by atoms with Crippen LogP contribution < -0.4 is 0 Å². The van der Waals surface area contributed by atoms with Crippen molar-refractivity contribution < 1.29 is 14.3 Å². The van der Waals surface area contributed by atoms with Gasteiger partial charge in [0.05, 0.1) is 0 Å². The summed E-state index contributed by atoms with van der Waals surface area (Å²) >= 11 is 0. The lowest BCUT2D eigenvalue weighted by Gasteiger charge is -2.57. The summed E-state index contributed by atoms with van der Waals surface area (Å²) in [7, 11) is 0. The molecule has 0 aromatic carbocycles. The van der Waals surface area contributed by atoms with Crippen LogP contribution in [0.4, 0.5) is 0 Å². The summed E-state index contributed by atoms with van der Waals surface area (Å²) < 4.78 is 5.77. The van der Waals surface area contributed by atoms with E-state index in [0.29, 0.717) is 35.5 Å². The van der Waals surface area contributed by atoms with Gasteiger partial charge < -0.3 is 14.6 Å². The van der Waals surface area contributed by atoms with Gasteiger partial charge in [-0.1, -0.05) is 0 Å². The minimum absolute atomic E-state index is 0.0154. The van der Waals surface area contributed by atoms with Crippen LogP contribution >= 0.6 is 0 Å². The van der Waals surface area contributed by atoms with E-state index in [4.69, 9.17) is 4.74 Å². The quantitative estimate of drug-likeness (QED) is 0.823. The third kappa shape index (κ3) is 2.75. The number of H-pyrrole nitrogens is 1. The van der Waals surface area contributed by atoms with Gasteiger partial charge in [-0.05, 0) is 49.7 Å². The molecule has 5 rings (SSSR count). The van der Waals surface area contributed by atoms with Crippen molar-refractivity contribution in [1.29, 1.82) is 0 Å². The molecule has 0 saturated carbocycles. The summed E-state index contributed by atoms with van der Waals surface area (Å²) in [6, 6.07) is 4.48. The highest BCUT2D eigenvalue weighted by Crippen LogP contribution is 2.43. The van der Waals surface area contributed by atoms with Crippen LogP contribution in [0.3, 0.4) is 0 Å². The number of hydrogen-bond acceptors (Lipinski definition) is 4. The third-order valence-corrected chi connectivity index (χ3v) is 7.01. The molecule has 0 radical (unpaired) electrons. The predicted octanol–water partition coefficient (Wildman–Crippen LogP) is 2.04. The normalized spacial score (nSPS) is 37.0. The van der Waals surface area contributed by atoms with Crippen LogP contribution in [0.5, 0.6) is 0 Å². The molecule has 4 aliphatic rings. The number of nitrogens with one attached hydrogen (secondary N) is 1. The zero-order chi connectivity index (χ0) is 17.7. The Morgan fingerprint density at radius 3 is 2.88 bits per heavy atom. The monoisotopic (exact) mass is 357 g/mol. The van der Waals surface area contributed by atoms with E-state index >= 15 is 0 Å². The zero-order valence-corrected chi connectivity index (χ0v) is 15.1. The maximum atomic E-state index is 12.4. The molecule has 4 saturated heterocycles. The van der Waals surface area contributed by atoms with E-state index in [1.54, 1.807) is 12.3 Å².